The summed E-state index contributed by atoms with van der Waals surface area (Å²) in [6.45, 7) is 7.17. The Balaban J connectivity index is 1.64. The van der Waals surface area contributed by atoms with Crippen LogP contribution in [0.3, 0.4) is 0 Å². The molecule has 2 aliphatic heterocycles. The smallest absolute Gasteiger partial charge is 0.256 e. The lowest BCUT2D eigenvalue weighted by Crippen LogP contribution is -2.60. The van der Waals surface area contributed by atoms with Gasteiger partial charge in [-0.15, -0.1) is 0 Å². The van der Waals surface area contributed by atoms with Crippen molar-refractivity contribution in [3.05, 3.63) is 18.2 Å². The van der Waals surface area contributed by atoms with Gasteiger partial charge in [0.15, 0.2) is 5.60 Å². The maximum Gasteiger partial charge on any atom is 0.256 e. The first-order chi connectivity index (χ1) is 10.2. The Morgan fingerprint density at radius 1 is 1.38 bits per heavy atom. The molecule has 7 nitrogen and oxygen atoms in total. The fourth-order valence-electron chi connectivity index (χ4n) is 2.93. The SMILES string of the molecule is C[C@@]1(C(=O)N2CCOCC2)CN(Cc2cnc[nH]2)CCO1. The van der Waals surface area contributed by atoms with E-state index in [1.54, 1.807) is 6.33 Å². The molecule has 7 heteroatoms. The predicted molar refractivity (Wildman–Crippen MR) is 75.6 cm³/mol. The van der Waals surface area contributed by atoms with Crippen molar-refractivity contribution in [2.24, 2.45) is 0 Å². The fourth-order valence-corrected chi connectivity index (χ4v) is 2.93. The topological polar surface area (TPSA) is 70.7 Å². The van der Waals surface area contributed by atoms with Crippen molar-refractivity contribution in [1.29, 1.82) is 0 Å². The number of carbonyl (C=O) groups is 1. The van der Waals surface area contributed by atoms with E-state index in [4.69, 9.17) is 9.47 Å². The number of H-pyrrole nitrogens is 1. The molecule has 0 bridgehead atoms. The van der Waals surface area contributed by atoms with Crippen LogP contribution < -0.4 is 0 Å². The summed E-state index contributed by atoms with van der Waals surface area (Å²) in [4.78, 5) is 23.9. The van der Waals surface area contributed by atoms with Gasteiger partial charge < -0.3 is 19.4 Å². The minimum Gasteiger partial charge on any atom is -0.378 e. The van der Waals surface area contributed by atoms with E-state index in [9.17, 15) is 4.79 Å². The van der Waals surface area contributed by atoms with Crippen molar-refractivity contribution in [2.45, 2.75) is 19.1 Å². The maximum absolute atomic E-state index is 12.7. The monoisotopic (exact) mass is 294 g/mol. The molecule has 2 fully saturated rings. The largest absolute Gasteiger partial charge is 0.378 e. The summed E-state index contributed by atoms with van der Waals surface area (Å²) in [5, 5.41) is 0. The second-order valence-electron chi connectivity index (χ2n) is 5.77. The van der Waals surface area contributed by atoms with E-state index in [1.807, 2.05) is 18.0 Å². The Kier molecular flexibility index (Phi) is 4.23. The molecule has 2 saturated heterocycles. The van der Waals surface area contributed by atoms with Crippen molar-refractivity contribution in [3.63, 3.8) is 0 Å². The molecular weight excluding hydrogens is 272 g/mol. The van der Waals surface area contributed by atoms with Gasteiger partial charge in [-0.1, -0.05) is 0 Å². The zero-order chi connectivity index (χ0) is 14.7. The van der Waals surface area contributed by atoms with Gasteiger partial charge >= 0.3 is 0 Å². The van der Waals surface area contributed by atoms with E-state index >= 15 is 0 Å². The molecule has 0 radical (unpaired) electrons. The number of nitrogens with zero attached hydrogens (tertiary/aromatic N) is 3. The molecule has 3 heterocycles. The lowest BCUT2D eigenvalue weighted by Gasteiger charge is -2.42. The van der Waals surface area contributed by atoms with Crippen LogP contribution in [0, 0.1) is 0 Å². The first-order valence-corrected chi connectivity index (χ1v) is 7.38. The maximum atomic E-state index is 12.7. The number of hydrogen-bond acceptors (Lipinski definition) is 5. The Labute approximate surface area is 124 Å². The lowest BCUT2D eigenvalue weighted by atomic mass is 10.0. The Hall–Kier alpha value is -1.44. The summed E-state index contributed by atoms with van der Waals surface area (Å²) in [6.07, 6.45) is 3.49. The summed E-state index contributed by atoms with van der Waals surface area (Å²) >= 11 is 0. The van der Waals surface area contributed by atoms with Gasteiger partial charge in [0.25, 0.3) is 5.91 Å². The number of amides is 1. The molecular formula is C14H22N4O3. The Morgan fingerprint density at radius 2 is 2.19 bits per heavy atom. The third-order valence-electron chi connectivity index (χ3n) is 4.05. The zero-order valence-electron chi connectivity index (χ0n) is 12.4. The quantitative estimate of drug-likeness (QED) is 0.840. The van der Waals surface area contributed by atoms with Gasteiger partial charge in [-0.05, 0) is 6.92 Å². The van der Waals surface area contributed by atoms with Crippen molar-refractivity contribution < 1.29 is 14.3 Å². The third kappa shape index (κ3) is 3.25. The molecule has 0 aliphatic carbocycles. The summed E-state index contributed by atoms with van der Waals surface area (Å²) in [5.41, 5.74) is 0.286. The van der Waals surface area contributed by atoms with E-state index < -0.39 is 5.60 Å². The molecule has 1 amide bonds. The number of aromatic amines is 1. The van der Waals surface area contributed by atoms with Crippen LogP contribution in [0.25, 0.3) is 0 Å². The van der Waals surface area contributed by atoms with Crippen LogP contribution in [0.2, 0.25) is 0 Å². The first-order valence-electron chi connectivity index (χ1n) is 7.38. The highest BCUT2D eigenvalue weighted by molar-refractivity contribution is 5.85. The van der Waals surface area contributed by atoms with Crippen molar-refractivity contribution in [3.8, 4) is 0 Å². The Morgan fingerprint density at radius 3 is 2.90 bits per heavy atom. The normalized spacial score (nSPS) is 27.8. The van der Waals surface area contributed by atoms with Crippen LogP contribution in [0.4, 0.5) is 0 Å². The zero-order valence-corrected chi connectivity index (χ0v) is 12.4. The molecule has 1 atom stereocenters. The second kappa shape index (κ2) is 6.13. The number of aromatic nitrogens is 2. The van der Waals surface area contributed by atoms with Crippen LogP contribution in [-0.2, 0) is 20.8 Å². The van der Waals surface area contributed by atoms with Crippen LogP contribution in [0.5, 0.6) is 0 Å². The summed E-state index contributed by atoms with van der Waals surface area (Å²) < 4.78 is 11.1. The number of morpholine rings is 2. The third-order valence-corrected chi connectivity index (χ3v) is 4.05. The Bertz CT molecular complexity index is 473. The van der Waals surface area contributed by atoms with Crippen LogP contribution in [0.1, 0.15) is 12.6 Å². The molecule has 21 heavy (non-hydrogen) atoms. The molecule has 1 aromatic rings. The number of carbonyl (C=O) groups excluding carboxylic acids is 1. The molecule has 1 aromatic heterocycles. The van der Waals surface area contributed by atoms with Crippen molar-refractivity contribution >= 4 is 5.91 Å². The minimum absolute atomic E-state index is 0.0695. The number of ether oxygens (including phenoxy) is 2. The van der Waals surface area contributed by atoms with Gasteiger partial charge in [0, 0.05) is 44.6 Å². The highest BCUT2D eigenvalue weighted by Gasteiger charge is 2.42. The highest BCUT2D eigenvalue weighted by Crippen LogP contribution is 2.22. The van der Waals surface area contributed by atoms with E-state index in [0.29, 0.717) is 39.5 Å². The summed E-state index contributed by atoms with van der Waals surface area (Å²) in [6, 6.07) is 0. The summed E-state index contributed by atoms with van der Waals surface area (Å²) in [7, 11) is 0. The van der Waals surface area contributed by atoms with Crippen LogP contribution in [-0.4, -0.2) is 77.3 Å². The first kappa shape index (κ1) is 14.5. The van der Waals surface area contributed by atoms with Gasteiger partial charge in [-0.3, -0.25) is 9.69 Å². The average molecular weight is 294 g/mol. The minimum atomic E-state index is -0.768. The van der Waals surface area contributed by atoms with Gasteiger partial charge in [0.05, 0.1) is 26.1 Å². The lowest BCUT2D eigenvalue weighted by molar-refractivity contribution is -0.171. The molecule has 0 unspecified atom stereocenters. The standard InChI is InChI=1S/C14H22N4O3/c1-14(13(19)18-3-5-20-6-4-18)10-17(2-7-21-14)9-12-8-15-11-16-12/h8,11H,2-7,9-10H2,1H3,(H,15,16)/t14-/m0/s1. The fraction of sp³-hybridized carbons (Fsp3) is 0.714. The highest BCUT2D eigenvalue weighted by atomic mass is 16.5. The summed E-state index contributed by atoms with van der Waals surface area (Å²) in [5.74, 6) is 0.0695. The molecule has 116 valence electrons. The van der Waals surface area contributed by atoms with Crippen LogP contribution in [0.15, 0.2) is 12.5 Å². The predicted octanol–water partition coefficient (Wildman–Crippen LogP) is -0.141. The number of hydrogen-bond donors (Lipinski definition) is 1. The van der Waals surface area contributed by atoms with Crippen molar-refractivity contribution in [2.75, 3.05) is 46.0 Å². The average Bonchev–Trinajstić information content (AvgIpc) is 3.00. The second-order valence-corrected chi connectivity index (χ2v) is 5.77. The van der Waals surface area contributed by atoms with Gasteiger partial charge in [0.1, 0.15) is 0 Å². The molecule has 1 N–H and O–H groups in total. The molecule has 0 spiro atoms. The number of rotatable bonds is 3. The van der Waals surface area contributed by atoms with E-state index in [2.05, 4.69) is 14.9 Å². The molecule has 0 aromatic carbocycles. The van der Waals surface area contributed by atoms with E-state index in [1.165, 1.54) is 0 Å². The molecule has 3 rings (SSSR count). The van der Waals surface area contributed by atoms with E-state index in [0.717, 1.165) is 18.8 Å². The molecule has 0 saturated carbocycles. The number of nitrogens with one attached hydrogen (secondary N) is 1. The number of imidazole rings is 1. The van der Waals surface area contributed by atoms with Gasteiger partial charge in [0.2, 0.25) is 0 Å². The van der Waals surface area contributed by atoms with Gasteiger partial charge in [-0.25, -0.2) is 4.98 Å². The van der Waals surface area contributed by atoms with Crippen molar-refractivity contribution in [1.82, 2.24) is 19.8 Å². The molecule has 2 aliphatic rings. The van der Waals surface area contributed by atoms with Gasteiger partial charge in [-0.2, -0.15) is 0 Å². The van der Waals surface area contributed by atoms with Crippen LogP contribution >= 0.6 is 0 Å². The van der Waals surface area contributed by atoms with E-state index in [-0.39, 0.29) is 5.91 Å².